The predicted molar refractivity (Wildman–Crippen MR) is 79.6 cm³/mol. The van der Waals surface area contributed by atoms with Crippen LogP contribution in [0.25, 0.3) is 0 Å². The highest BCUT2D eigenvalue weighted by atomic mass is 16.2. The van der Waals surface area contributed by atoms with Crippen molar-refractivity contribution in [3.63, 3.8) is 0 Å². The first-order valence-electron chi connectivity index (χ1n) is 7.40. The van der Waals surface area contributed by atoms with Crippen LogP contribution in [0.4, 0.5) is 0 Å². The molecule has 0 bridgehead atoms. The van der Waals surface area contributed by atoms with E-state index in [1.54, 1.807) is 11.1 Å². The Labute approximate surface area is 125 Å². The summed E-state index contributed by atoms with van der Waals surface area (Å²) in [7, 11) is 0. The molecule has 5 heteroatoms. The summed E-state index contributed by atoms with van der Waals surface area (Å²) in [6.45, 7) is 8.75. The van der Waals surface area contributed by atoms with Gasteiger partial charge in [-0.15, -0.1) is 0 Å². The third kappa shape index (κ3) is 3.86. The molecular formula is C16H23N3O2. The van der Waals surface area contributed by atoms with Crippen LogP contribution in [0.2, 0.25) is 0 Å². The van der Waals surface area contributed by atoms with Crippen LogP contribution in [0.1, 0.15) is 50.7 Å². The highest BCUT2D eigenvalue weighted by Crippen LogP contribution is 2.20. The van der Waals surface area contributed by atoms with Crippen molar-refractivity contribution >= 4 is 11.7 Å². The maximum Gasteiger partial charge on any atom is 0.223 e. The molecule has 1 aliphatic rings. The first-order chi connectivity index (χ1) is 9.77. The summed E-state index contributed by atoms with van der Waals surface area (Å²) in [6.07, 6.45) is 3.17. The Balaban J connectivity index is 1.93. The van der Waals surface area contributed by atoms with E-state index in [9.17, 15) is 9.59 Å². The molecule has 21 heavy (non-hydrogen) atoms. The molecule has 0 fully saturated rings. The number of carbonyl (C=O) groups is 2. The van der Waals surface area contributed by atoms with Gasteiger partial charge in [0.1, 0.15) is 11.6 Å². The smallest absolute Gasteiger partial charge is 0.223 e. The number of aromatic nitrogens is 2. The Morgan fingerprint density at radius 1 is 1.29 bits per heavy atom. The van der Waals surface area contributed by atoms with Gasteiger partial charge in [0, 0.05) is 49.5 Å². The van der Waals surface area contributed by atoms with Gasteiger partial charge in [-0.3, -0.25) is 9.59 Å². The number of hydrogen-bond acceptors (Lipinski definition) is 4. The van der Waals surface area contributed by atoms with Gasteiger partial charge < -0.3 is 4.90 Å². The molecule has 114 valence electrons. The summed E-state index contributed by atoms with van der Waals surface area (Å²) in [6, 6.07) is 0. The van der Waals surface area contributed by atoms with Crippen molar-refractivity contribution in [1.29, 1.82) is 0 Å². The SMILES string of the molecule is Cc1ncc2c(n1)CCN(C(=O)CCC(=O)C(C)(C)C)C2. The van der Waals surface area contributed by atoms with Gasteiger partial charge in [-0.05, 0) is 6.92 Å². The molecule has 1 amide bonds. The molecule has 0 spiro atoms. The fraction of sp³-hybridized carbons (Fsp3) is 0.625. The number of carbonyl (C=O) groups excluding carboxylic acids is 2. The standard InChI is InChI=1S/C16H23N3O2/c1-11-17-9-12-10-19(8-7-13(12)18-11)15(21)6-5-14(20)16(2,3)4/h9H,5-8,10H2,1-4H3. The van der Waals surface area contributed by atoms with Crippen LogP contribution in [-0.4, -0.2) is 33.1 Å². The predicted octanol–water partition coefficient (Wildman–Crippen LogP) is 2.07. The number of fused-ring (bicyclic) bond motifs is 1. The van der Waals surface area contributed by atoms with E-state index in [4.69, 9.17) is 0 Å². The number of rotatable bonds is 3. The van der Waals surface area contributed by atoms with E-state index in [1.165, 1.54) is 0 Å². The summed E-state index contributed by atoms with van der Waals surface area (Å²) in [5.74, 6) is 0.940. The Morgan fingerprint density at radius 3 is 2.67 bits per heavy atom. The number of nitrogens with zero attached hydrogens (tertiary/aromatic N) is 3. The molecule has 2 rings (SSSR count). The van der Waals surface area contributed by atoms with Gasteiger partial charge in [0.25, 0.3) is 0 Å². The lowest BCUT2D eigenvalue weighted by atomic mass is 9.88. The second-order valence-electron chi connectivity index (χ2n) is 6.63. The molecular weight excluding hydrogens is 266 g/mol. The monoisotopic (exact) mass is 289 g/mol. The molecule has 1 aromatic heterocycles. The molecule has 1 aliphatic heterocycles. The average Bonchev–Trinajstić information content (AvgIpc) is 2.42. The lowest BCUT2D eigenvalue weighted by Crippen LogP contribution is -2.37. The highest BCUT2D eigenvalue weighted by molar-refractivity contribution is 5.88. The quantitative estimate of drug-likeness (QED) is 0.854. The molecule has 0 aliphatic carbocycles. The first kappa shape index (κ1) is 15.6. The van der Waals surface area contributed by atoms with E-state index >= 15 is 0 Å². The molecule has 0 aromatic carbocycles. The normalized spacial score (nSPS) is 14.8. The minimum absolute atomic E-state index is 0.0406. The van der Waals surface area contributed by atoms with Gasteiger partial charge in [-0.1, -0.05) is 20.8 Å². The van der Waals surface area contributed by atoms with Crippen molar-refractivity contribution in [2.75, 3.05) is 6.54 Å². The van der Waals surface area contributed by atoms with Crippen LogP contribution in [0.3, 0.4) is 0 Å². The summed E-state index contributed by atoms with van der Waals surface area (Å²) < 4.78 is 0. The van der Waals surface area contributed by atoms with Gasteiger partial charge in [0.15, 0.2) is 0 Å². The van der Waals surface area contributed by atoms with Crippen LogP contribution in [0, 0.1) is 12.3 Å². The Hall–Kier alpha value is -1.78. The third-order valence-corrected chi connectivity index (χ3v) is 3.81. The lowest BCUT2D eigenvalue weighted by Gasteiger charge is -2.28. The minimum atomic E-state index is -0.375. The molecule has 2 heterocycles. The number of aryl methyl sites for hydroxylation is 1. The third-order valence-electron chi connectivity index (χ3n) is 3.81. The molecule has 0 unspecified atom stereocenters. The lowest BCUT2D eigenvalue weighted by molar-refractivity contribution is -0.135. The molecule has 0 saturated carbocycles. The van der Waals surface area contributed by atoms with Gasteiger partial charge in [-0.25, -0.2) is 9.97 Å². The van der Waals surface area contributed by atoms with Crippen molar-refractivity contribution < 1.29 is 9.59 Å². The fourth-order valence-electron chi connectivity index (χ4n) is 2.38. The number of ketones is 1. The molecule has 1 aromatic rings. The van der Waals surface area contributed by atoms with Crippen molar-refractivity contribution in [2.24, 2.45) is 5.41 Å². The zero-order valence-electron chi connectivity index (χ0n) is 13.3. The van der Waals surface area contributed by atoms with E-state index in [0.29, 0.717) is 19.5 Å². The topological polar surface area (TPSA) is 63.2 Å². The van der Waals surface area contributed by atoms with Crippen molar-refractivity contribution in [2.45, 2.75) is 53.5 Å². The van der Waals surface area contributed by atoms with E-state index < -0.39 is 0 Å². The van der Waals surface area contributed by atoms with Gasteiger partial charge in [0.2, 0.25) is 5.91 Å². The van der Waals surface area contributed by atoms with Gasteiger partial charge >= 0.3 is 0 Å². The Kier molecular flexibility index (Phi) is 4.40. The van der Waals surface area contributed by atoms with Crippen LogP contribution in [0.5, 0.6) is 0 Å². The second kappa shape index (κ2) is 5.92. The summed E-state index contributed by atoms with van der Waals surface area (Å²) in [5.41, 5.74) is 1.68. The van der Waals surface area contributed by atoms with E-state index in [2.05, 4.69) is 9.97 Å². The molecule has 0 radical (unpaired) electrons. The number of amides is 1. The highest BCUT2D eigenvalue weighted by Gasteiger charge is 2.25. The second-order valence-corrected chi connectivity index (χ2v) is 6.63. The summed E-state index contributed by atoms with van der Waals surface area (Å²) >= 11 is 0. The average molecular weight is 289 g/mol. The summed E-state index contributed by atoms with van der Waals surface area (Å²) in [4.78, 5) is 34.5. The van der Waals surface area contributed by atoms with Gasteiger partial charge in [0.05, 0.1) is 5.69 Å². The Bertz CT molecular complexity index is 561. The van der Waals surface area contributed by atoms with Crippen molar-refractivity contribution in [3.8, 4) is 0 Å². The minimum Gasteiger partial charge on any atom is -0.338 e. The van der Waals surface area contributed by atoms with Crippen LogP contribution in [-0.2, 0) is 22.6 Å². The van der Waals surface area contributed by atoms with E-state index in [-0.39, 0.29) is 23.5 Å². The van der Waals surface area contributed by atoms with E-state index in [0.717, 1.165) is 23.5 Å². The molecule has 0 saturated heterocycles. The van der Waals surface area contributed by atoms with Crippen LogP contribution >= 0.6 is 0 Å². The fourth-order valence-corrected chi connectivity index (χ4v) is 2.38. The van der Waals surface area contributed by atoms with Crippen LogP contribution in [0.15, 0.2) is 6.20 Å². The largest absolute Gasteiger partial charge is 0.338 e. The Morgan fingerprint density at radius 2 is 2.00 bits per heavy atom. The van der Waals surface area contributed by atoms with Crippen molar-refractivity contribution in [3.05, 3.63) is 23.3 Å². The molecule has 0 atom stereocenters. The van der Waals surface area contributed by atoms with E-state index in [1.807, 2.05) is 27.7 Å². The zero-order chi connectivity index (χ0) is 15.6. The number of hydrogen-bond donors (Lipinski definition) is 0. The van der Waals surface area contributed by atoms with Crippen LogP contribution < -0.4 is 0 Å². The number of Topliss-reactive ketones (excluding diaryl/α,β-unsaturated/α-hetero) is 1. The maximum absolute atomic E-state index is 12.2. The van der Waals surface area contributed by atoms with Gasteiger partial charge in [-0.2, -0.15) is 0 Å². The zero-order valence-corrected chi connectivity index (χ0v) is 13.3. The molecule has 5 nitrogen and oxygen atoms in total. The first-order valence-corrected chi connectivity index (χ1v) is 7.40. The maximum atomic E-state index is 12.2. The molecule has 0 N–H and O–H groups in total. The summed E-state index contributed by atoms with van der Waals surface area (Å²) in [5, 5.41) is 0. The van der Waals surface area contributed by atoms with Crippen molar-refractivity contribution in [1.82, 2.24) is 14.9 Å².